The summed E-state index contributed by atoms with van der Waals surface area (Å²) in [5.74, 6) is 1.74. The molecule has 2 fully saturated rings. The number of likely N-dealkylation sites (tertiary alicyclic amines) is 2. The zero-order chi connectivity index (χ0) is 22.3. The Morgan fingerprint density at radius 3 is 2.50 bits per heavy atom. The summed E-state index contributed by atoms with van der Waals surface area (Å²) in [6.07, 6.45) is 4.14. The molecular weight excluding hydrogens is 402 g/mol. The number of ether oxygens (including phenoxy) is 2. The maximum absolute atomic E-state index is 12.9. The van der Waals surface area contributed by atoms with E-state index in [-0.39, 0.29) is 18.0 Å². The van der Waals surface area contributed by atoms with Gasteiger partial charge in [-0.3, -0.25) is 14.6 Å². The Bertz CT molecular complexity index is 881. The second-order valence-electron chi connectivity index (χ2n) is 8.84. The SMILES string of the molecule is COc1ccc([C@@H]2CCCN2CC(=O)NC2CCN(Cc3ccccc3)CC2)c(OC)c1. The molecule has 1 atom stereocenters. The van der Waals surface area contributed by atoms with Crippen molar-refractivity contribution in [1.29, 1.82) is 0 Å². The molecular formula is C26H35N3O3. The molecule has 0 spiro atoms. The molecule has 2 aromatic rings. The van der Waals surface area contributed by atoms with Crippen LogP contribution in [-0.2, 0) is 11.3 Å². The minimum atomic E-state index is 0.130. The van der Waals surface area contributed by atoms with Crippen LogP contribution in [0.3, 0.4) is 0 Å². The van der Waals surface area contributed by atoms with E-state index < -0.39 is 0 Å². The van der Waals surface area contributed by atoms with Crippen LogP contribution in [0, 0.1) is 0 Å². The summed E-state index contributed by atoms with van der Waals surface area (Å²) in [5, 5.41) is 3.29. The van der Waals surface area contributed by atoms with Crippen molar-refractivity contribution in [2.75, 3.05) is 40.4 Å². The lowest BCUT2D eigenvalue weighted by Gasteiger charge is -2.33. The standard InChI is InChI=1S/C26H35N3O3/c1-31-22-10-11-23(25(17-22)32-2)24-9-6-14-29(24)19-26(30)27-21-12-15-28(16-13-21)18-20-7-4-3-5-8-20/h3-5,7-8,10-11,17,21,24H,6,9,12-16,18-19H2,1-2H3,(H,27,30)/t24-/m0/s1. The van der Waals surface area contributed by atoms with Crippen molar-refractivity contribution >= 4 is 5.91 Å². The number of carbonyl (C=O) groups is 1. The Morgan fingerprint density at radius 1 is 1.00 bits per heavy atom. The monoisotopic (exact) mass is 437 g/mol. The molecule has 32 heavy (non-hydrogen) atoms. The van der Waals surface area contributed by atoms with Gasteiger partial charge in [-0.15, -0.1) is 0 Å². The maximum Gasteiger partial charge on any atom is 0.234 e. The quantitative estimate of drug-likeness (QED) is 0.684. The van der Waals surface area contributed by atoms with Gasteiger partial charge in [0.15, 0.2) is 0 Å². The van der Waals surface area contributed by atoms with E-state index in [0.717, 1.165) is 68.9 Å². The molecule has 2 saturated heterocycles. The number of hydrogen-bond acceptors (Lipinski definition) is 5. The number of carbonyl (C=O) groups excluding carboxylic acids is 1. The summed E-state index contributed by atoms with van der Waals surface area (Å²) in [6, 6.07) is 17.0. The molecule has 0 unspecified atom stereocenters. The van der Waals surface area contributed by atoms with Crippen LogP contribution in [0.25, 0.3) is 0 Å². The lowest BCUT2D eigenvalue weighted by molar-refractivity contribution is -0.123. The third-order valence-corrected chi connectivity index (χ3v) is 6.71. The normalized spacial score (nSPS) is 20.2. The van der Waals surface area contributed by atoms with Gasteiger partial charge in [0.2, 0.25) is 5.91 Å². The molecule has 0 aliphatic carbocycles. The van der Waals surface area contributed by atoms with Crippen LogP contribution in [0.15, 0.2) is 48.5 Å². The number of nitrogens with zero attached hydrogens (tertiary/aromatic N) is 2. The molecule has 1 N–H and O–H groups in total. The molecule has 6 heteroatoms. The molecule has 2 aromatic carbocycles. The lowest BCUT2D eigenvalue weighted by Crippen LogP contribution is -2.47. The molecule has 172 valence electrons. The number of piperidine rings is 1. The fourth-order valence-corrected chi connectivity index (χ4v) is 5.00. The zero-order valence-electron chi connectivity index (χ0n) is 19.3. The molecule has 2 heterocycles. The molecule has 1 amide bonds. The predicted molar refractivity (Wildman–Crippen MR) is 126 cm³/mol. The van der Waals surface area contributed by atoms with Crippen molar-refractivity contribution in [3.05, 3.63) is 59.7 Å². The minimum absolute atomic E-state index is 0.130. The van der Waals surface area contributed by atoms with Crippen molar-refractivity contribution in [2.24, 2.45) is 0 Å². The molecule has 0 aromatic heterocycles. The molecule has 0 radical (unpaired) electrons. The van der Waals surface area contributed by atoms with Crippen molar-refractivity contribution in [2.45, 2.75) is 44.3 Å². The Balaban J connectivity index is 1.28. The topological polar surface area (TPSA) is 54.0 Å². The van der Waals surface area contributed by atoms with Gasteiger partial charge in [0, 0.05) is 43.3 Å². The van der Waals surface area contributed by atoms with E-state index in [9.17, 15) is 4.79 Å². The van der Waals surface area contributed by atoms with Gasteiger partial charge in [-0.2, -0.15) is 0 Å². The first-order valence-electron chi connectivity index (χ1n) is 11.7. The maximum atomic E-state index is 12.9. The summed E-state index contributed by atoms with van der Waals surface area (Å²) in [5.41, 5.74) is 2.48. The van der Waals surface area contributed by atoms with E-state index >= 15 is 0 Å². The Hall–Kier alpha value is -2.57. The first-order chi connectivity index (χ1) is 15.7. The predicted octanol–water partition coefficient (Wildman–Crippen LogP) is 3.62. The van der Waals surface area contributed by atoms with Gasteiger partial charge in [-0.25, -0.2) is 0 Å². The van der Waals surface area contributed by atoms with E-state index in [0.29, 0.717) is 6.54 Å². The Kier molecular flexibility index (Phi) is 7.66. The zero-order valence-corrected chi connectivity index (χ0v) is 19.3. The highest BCUT2D eigenvalue weighted by Gasteiger charge is 2.30. The summed E-state index contributed by atoms with van der Waals surface area (Å²) in [7, 11) is 3.35. The molecule has 2 aliphatic heterocycles. The minimum Gasteiger partial charge on any atom is -0.497 e. The van der Waals surface area contributed by atoms with Crippen LogP contribution in [0.1, 0.15) is 42.9 Å². The van der Waals surface area contributed by atoms with Crippen LogP contribution < -0.4 is 14.8 Å². The van der Waals surface area contributed by atoms with Gasteiger partial charge >= 0.3 is 0 Å². The molecule has 6 nitrogen and oxygen atoms in total. The summed E-state index contributed by atoms with van der Waals surface area (Å²) < 4.78 is 10.9. The summed E-state index contributed by atoms with van der Waals surface area (Å²) in [4.78, 5) is 17.6. The van der Waals surface area contributed by atoms with Crippen molar-refractivity contribution < 1.29 is 14.3 Å². The molecule has 0 saturated carbocycles. The highest BCUT2D eigenvalue weighted by atomic mass is 16.5. The molecule has 0 bridgehead atoms. The number of amides is 1. The fourth-order valence-electron chi connectivity index (χ4n) is 5.00. The highest BCUT2D eigenvalue weighted by Crippen LogP contribution is 2.38. The van der Waals surface area contributed by atoms with E-state index in [1.807, 2.05) is 12.1 Å². The largest absolute Gasteiger partial charge is 0.497 e. The van der Waals surface area contributed by atoms with Crippen LogP contribution >= 0.6 is 0 Å². The summed E-state index contributed by atoms with van der Waals surface area (Å²) >= 11 is 0. The van der Waals surface area contributed by atoms with E-state index in [4.69, 9.17) is 9.47 Å². The first kappa shape index (κ1) is 22.6. The van der Waals surface area contributed by atoms with Gasteiger partial charge < -0.3 is 14.8 Å². The number of methoxy groups -OCH3 is 2. The first-order valence-corrected chi connectivity index (χ1v) is 11.7. The van der Waals surface area contributed by atoms with E-state index in [1.165, 1.54) is 5.56 Å². The molecule has 2 aliphatic rings. The average Bonchev–Trinajstić information content (AvgIpc) is 3.28. The summed E-state index contributed by atoms with van der Waals surface area (Å²) in [6.45, 7) is 4.40. The average molecular weight is 438 g/mol. The van der Waals surface area contributed by atoms with Crippen LogP contribution in [0.5, 0.6) is 11.5 Å². The second-order valence-corrected chi connectivity index (χ2v) is 8.84. The number of benzene rings is 2. The highest BCUT2D eigenvalue weighted by molar-refractivity contribution is 5.78. The van der Waals surface area contributed by atoms with Crippen LogP contribution in [0.4, 0.5) is 0 Å². The van der Waals surface area contributed by atoms with Gasteiger partial charge in [0.1, 0.15) is 11.5 Å². The van der Waals surface area contributed by atoms with Crippen molar-refractivity contribution in [3.63, 3.8) is 0 Å². The Labute approximate surface area is 191 Å². The van der Waals surface area contributed by atoms with Crippen LogP contribution in [0.2, 0.25) is 0 Å². The number of rotatable bonds is 8. The van der Waals surface area contributed by atoms with Gasteiger partial charge in [-0.05, 0) is 43.9 Å². The van der Waals surface area contributed by atoms with Gasteiger partial charge in [-0.1, -0.05) is 36.4 Å². The van der Waals surface area contributed by atoms with Crippen molar-refractivity contribution in [1.82, 2.24) is 15.1 Å². The van der Waals surface area contributed by atoms with Crippen molar-refractivity contribution in [3.8, 4) is 11.5 Å². The number of hydrogen-bond donors (Lipinski definition) is 1. The van der Waals surface area contributed by atoms with E-state index in [2.05, 4.69) is 51.5 Å². The van der Waals surface area contributed by atoms with Gasteiger partial charge in [0.25, 0.3) is 0 Å². The third kappa shape index (κ3) is 5.61. The smallest absolute Gasteiger partial charge is 0.234 e. The van der Waals surface area contributed by atoms with Crippen LogP contribution in [-0.4, -0.2) is 62.1 Å². The lowest BCUT2D eigenvalue weighted by atomic mass is 10.0. The van der Waals surface area contributed by atoms with E-state index in [1.54, 1.807) is 14.2 Å². The Morgan fingerprint density at radius 2 is 1.78 bits per heavy atom. The second kappa shape index (κ2) is 10.8. The molecule has 4 rings (SSSR count). The number of nitrogens with one attached hydrogen (secondary N) is 1. The van der Waals surface area contributed by atoms with Gasteiger partial charge in [0.05, 0.1) is 20.8 Å². The third-order valence-electron chi connectivity index (χ3n) is 6.71. The fraction of sp³-hybridized carbons (Fsp3) is 0.500.